The van der Waals surface area contributed by atoms with Crippen LogP contribution >= 0.6 is 0 Å². The van der Waals surface area contributed by atoms with Crippen LogP contribution in [0.5, 0.6) is 0 Å². The van der Waals surface area contributed by atoms with E-state index in [-0.39, 0.29) is 11.9 Å². The minimum atomic E-state index is -0.0742. The minimum absolute atomic E-state index is 0.0742. The standard InChI is InChI=1S/C22H29N5O/c1-16(2)27-21-19(14-24-27)13-20(17(3)25-21)22(28)23-11-8-12-26(4)15-18-9-6-5-7-10-18/h5-7,9-10,13-14,16H,8,11-12,15H2,1-4H3,(H,23,28). The molecule has 1 amide bonds. The van der Waals surface area contributed by atoms with E-state index in [0.717, 1.165) is 36.2 Å². The van der Waals surface area contributed by atoms with Crippen molar-refractivity contribution >= 4 is 16.9 Å². The minimum Gasteiger partial charge on any atom is -0.352 e. The predicted octanol–water partition coefficient (Wildman–Crippen LogP) is 3.57. The van der Waals surface area contributed by atoms with Gasteiger partial charge in [0.2, 0.25) is 0 Å². The first-order valence-corrected chi connectivity index (χ1v) is 9.81. The number of carbonyl (C=O) groups is 1. The number of hydrogen-bond donors (Lipinski definition) is 1. The zero-order valence-electron chi connectivity index (χ0n) is 17.1. The van der Waals surface area contributed by atoms with Crippen LogP contribution in [0.3, 0.4) is 0 Å². The number of amides is 1. The highest BCUT2D eigenvalue weighted by Crippen LogP contribution is 2.19. The second kappa shape index (κ2) is 8.97. The van der Waals surface area contributed by atoms with Crippen molar-refractivity contribution in [2.45, 2.75) is 39.8 Å². The van der Waals surface area contributed by atoms with Crippen LogP contribution in [0.4, 0.5) is 0 Å². The highest BCUT2D eigenvalue weighted by Gasteiger charge is 2.15. The van der Waals surface area contributed by atoms with Crippen molar-refractivity contribution in [2.24, 2.45) is 0 Å². The Morgan fingerprint density at radius 1 is 1.25 bits per heavy atom. The maximum Gasteiger partial charge on any atom is 0.253 e. The van der Waals surface area contributed by atoms with E-state index in [2.05, 4.69) is 65.5 Å². The molecule has 6 heteroatoms. The molecule has 0 unspecified atom stereocenters. The molecular formula is C22H29N5O. The van der Waals surface area contributed by atoms with Gasteiger partial charge in [0.05, 0.1) is 17.5 Å². The van der Waals surface area contributed by atoms with Gasteiger partial charge in [-0.2, -0.15) is 5.10 Å². The summed E-state index contributed by atoms with van der Waals surface area (Å²) in [7, 11) is 2.10. The number of nitrogens with zero attached hydrogens (tertiary/aromatic N) is 4. The lowest BCUT2D eigenvalue weighted by molar-refractivity contribution is 0.0951. The van der Waals surface area contributed by atoms with Gasteiger partial charge in [0, 0.05) is 24.5 Å². The lowest BCUT2D eigenvalue weighted by Crippen LogP contribution is -2.28. The van der Waals surface area contributed by atoms with Gasteiger partial charge >= 0.3 is 0 Å². The van der Waals surface area contributed by atoms with E-state index in [1.54, 1.807) is 6.20 Å². The topological polar surface area (TPSA) is 63.1 Å². The number of nitrogens with one attached hydrogen (secondary N) is 1. The van der Waals surface area contributed by atoms with Gasteiger partial charge in [-0.3, -0.25) is 4.79 Å². The van der Waals surface area contributed by atoms with Gasteiger partial charge in [-0.1, -0.05) is 30.3 Å². The Labute approximate surface area is 166 Å². The molecule has 0 aliphatic rings. The molecular weight excluding hydrogens is 350 g/mol. The molecule has 28 heavy (non-hydrogen) atoms. The average molecular weight is 380 g/mol. The van der Waals surface area contributed by atoms with E-state index < -0.39 is 0 Å². The molecule has 0 aliphatic carbocycles. The number of hydrogen-bond acceptors (Lipinski definition) is 4. The van der Waals surface area contributed by atoms with E-state index in [1.165, 1.54) is 5.56 Å². The van der Waals surface area contributed by atoms with Crippen LogP contribution in [0, 0.1) is 6.92 Å². The fourth-order valence-corrected chi connectivity index (χ4v) is 3.29. The van der Waals surface area contributed by atoms with Crippen LogP contribution in [0.15, 0.2) is 42.6 Å². The lowest BCUT2D eigenvalue weighted by Gasteiger charge is -2.17. The molecule has 0 atom stereocenters. The molecule has 6 nitrogen and oxygen atoms in total. The Balaban J connectivity index is 1.53. The summed E-state index contributed by atoms with van der Waals surface area (Å²) in [5.74, 6) is -0.0742. The van der Waals surface area contributed by atoms with E-state index in [1.807, 2.05) is 23.7 Å². The van der Waals surface area contributed by atoms with Crippen molar-refractivity contribution in [1.82, 2.24) is 25.0 Å². The van der Waals surface area contributed by atoms with E-state index in [0.29, 0.717) is 12.1 Å². The highest BCUT2D eigenvalue weighted by molar-refractivity contribution is 5.98. The summed E-state index contributed by atoms with van der Waals surface area (Å²) in [6.45, 7) is 8.49. The van der Waals surface area contributed by atoms with Crippen molar-refractivity contribution < 1.29 is 4.79 Å². The summed E-state index contributed by atoms with van der Waals surface area (Å²) < 4.78 is 1.88. The lowest BCUT2D eigenvalue weighted by atomic mass is 10.1. The molecule has 1 N–H and O–H groups in total. The van der Waals surface area contributed by atoms with Crippen molar-refractivity contribution in [1.29, 1.82) is 0 Å². The summed E-state index contributed by atoms with van der Waals surface area (Å²) in [6.07, 6.45) is 2.67. The van der Waals surface area contributed by atoms with Crippen LogP contribution in [-0.4, -0.2) is 45.7 Å². The molecule has 0 spiro atoms. The smallest absolute Gasteiger partial charge is 0.253 e. The van der Waals surface area contributed by atoms with Gasteiger partial charge < -0.3 is 10.2 Å². The van der Waals surface area contributed by atoms with Gasteiger partial charge in [0.1, 0.15) is 0 Å². The van der Waals surface area contributed by atoms with Crippen molar-refractivity contribution in [3.63, 3.8) is 0 Å². The van der Waals surface area contributed by atoms with Gasteiger partial charge in [0.15, 0.2) is 5.65 Å². The third kappa shape index (κ3) is 4.75. The SMILES string of the molecule is Cc1nc2c(cnn2C(C)C)cc1C(=O)NCCCN(C)Cc1ccccc1. The maximum absolute atomic E-state index is 12.6. The summed E-state index contributed by atoms with van der Waals surface area (Å²) in [4.78, 5) is 19.5. The molecule has 0 aliphatic heterocycles. The molecule has 0 radical (unpaired) electrons. The van der Waals surface area contributed by atoms with Crippen LogP contribution in [0.2, 0.25) is 0 Å². The second-order valence-electron chi connectivity index (χ2n) is 7.55. The molecule has 1 aromatic carbocycles. The van der Waals surface area contributed by atoms with E-state index in [4.69, 9.17) is 0 Å². The first-order valence-electron chi connectivity index (χ1n) is 9.81. The number of rotatable bonds is 8. The van der Waals surface area contributed by atoms with Crippen molar-refractivity contribution in [3.8, 4) is 0 Å². The van der Waals surface area contributed by atoms with Crippen LogP contribution in [0.1, 0.15) is 47.9 Å². The first kappa shape index (κ1) is 20.0. The Morgan fingerprint density at radius 2 is 2.00 bits per heavy atom. The number of fused-ring (bicyclic) bond motifs is 1. The number of carbonyl (C=O) groups excluding carboxylic acids is 1. The predicted molar refractivity (Wildman–Crippen MR) is 112 cm³/mol. The van der Waals surface area contributed by atoms with Crippen LogP contribution in [0.25, 0.3) is 11.0 Å². The quantitative estimate of drug-likeness (QED) is 0.608. The van der Waals surface area contributed by atoms with Gasteiger partial charge in [0.25, 0.3) is 5.91 Å². The second-order valence-corrected chi connectivity index (χ2v) is 7.55. The Hall–Kier alpha value is -2.73. The molecule has 3 rings (SSSR count). The molecule has 148 valence electrons. The van der Waals surface area contributed by atoms with Gasteiger partial charge in [-0.05, 0) is 52.4 Å². The molecule has 0 saturated carbocycles. The van der Waals surface area contributed by atoms with Gasteiger partial charge in [-0.15, -0.1) is 0 Å². The fourth-order valence-electron chi connectivity index (χ4n) is 3.29. The largest absolute Gasteiger partial charge is 0.352 e. The zero-order chi connectivity index (χ0) is 20.1. The molecule has 0 saturated heterocycles. The average Bonchev–Trinajstić information content (AvgIpc) is 3.08. The third-order valence-electron chi connectivity index (χ3n) is 4.79. The number of aromatic nitrogens is 3. The monoisotopic (exact) mass is 379 g/mol. The molecule has 0 fully saturated rings. The Bertz CT molecular complexity index is 933. The first-order chi connectivity index (χ1) is 13.5. The molecule has 2 aromatic heterocycles. The Morgan fingerprint density at radius 3 is 2.71 bits per heavy atom. The molecule has 0 bridgehead atoms. The summed E-state index contributed by atoms with van der Waals surface area (Å²) in [5, 5.41) is 8.30. The number of benzene rings is 1. The van der Waals surface area contributed by atoms with E-state index >= 15 is 0 Å². The highest BCUT2D eigenvalue weighted by atomic mass is 16.1. The number of pyridine rings is 1. The summed E-state index contributed by atoms with van der Waals surface area (Å²) >= 11 is 0. The summed E-state index contributed by atoms with van der Waals surface area (Å²) in [5.41, 5.74) is 3.47. The van der Waals surface area contributed by atoms with Crippen LogP contribution in [-0.2, 0) is 6.54 Å². The zero-order valence-corrected chi connectivity index (χ0v) is 17.1. The van der Waals surface area contributed by atoms with Gasteiger partial charge in [-0.25, -0.2) is 9.67 Å². The number of aryl methyl sites for hydroxylation is 1. The molecule has 2 heterocycles. The van der Waals surface area contributed by atoms with Crippen LogP contribution < -0.4 is 5.32 Å². The maximum atomic E-state index is 12.6. The third-order valence-corrected chi connectivity index (χ3v) is 4.79. The molecule has 3 aromatic rings. The van der Waals surface area contributed by atoms with E-state index in [9.17, 15) is 4.79 Å². The van der Waals surface area contributed by atoms with Crippen molar-refractivity contribution in [3.05, 3.63) is 59.4 Å². The Kier molecular flexibility index (Phi) is 6.41. The fraction of sp³-hybridized carbons (Fsp3) is 0.409. The summed E-state index contributed by atoms with van der Waals surface area (Å²) in [6, 6.07) is 12.5. The normalized spacial score (nSPS) is 11.5. The van der Waals surface area contributed by atoms with Crippen molar-refractivity contribution in [2.75, 3.05) is 20.1 Å².